The molecule has 0 atom stereocenters. The van der Waals surface area contributed by atoms with Gasteiger partial charge in [-0.2, -0.15) is 0 Å². The fourth-order valence-electron chi connectivity index (χ4n) is 0.872. The van der Waals surface area contributed by atoms with Gasteiger partial charge in [0.05, 0.1) is 4.21 Å². The molecule has 0 bridgehead atoms. The summed E-state index contributed by atoms with van der Waals surface area (Å²) in [6.07, 6.45) is 1.17. The number of aryl methyl sites for hydroxylation is 1. The Hall–Kier alpha value is 0.200. The predicted molar refractivity (Wildman–Crippen MR) is 43.9 cm³/mol. The molecular formula is C5H5NS3. The SMILES string of the molecule is S=c1[nH]c2c(s1)SCC2. The standard InChI is InChI=1S/C5H5NS3/c7-5-6-3-1-2-8-4(3)9-5/h1-2H2,(H,6,7). The Morgan fingerprint density at radius 2 is 2.44 bits per heavy atom. The normalized spacial score (nSPS) is 16.0. The summed E-state index contributed by atoms with van der Waals surface area (Å²) in [5.74, 6) is 1.23. The molecular weight excluding hydrogens is 170 g/mol. The van der Waals surface area contributed by atoms with Crippen molar-refractivity contribution >= 4 is 35.3 Å². The van der Waals surface area contributed by atoms with Gasteiger partial charge in [0.2, 0.25) is 0 Å². The summed E-state index contributed by atoms with van der Waals surface area (Å²) in [6.45, 7) is 0. The van der Waals surface area contributed by atoms with Crippen molar-refractivity contribution in [1.82, 2.24) is 4.98 Å². The molecule has 1 nitrogen and oxygen atoms in total. The number of aromatic nitrogens is 1. The second-order valence-corrected chi connectivity index (χ2v) is 4.93. The highest BCUT2D eigenvalue weighted by Crippen LogP contribution is 2.34. The second kappa shape index (κ2) is 2.11. The Balaban J connectivity index is 2.64. The summed E-state index contributed by atoms with van der Waals surface area (Å²) in [7, 11) is 0. The van der Waals surface area contributed by atoms with Crippen molar-refractivity contribution in [2.75, 3.05) is 5.75 Å². The lowest BCUT2D eigenvalue weighted by Gasteiger charge is -1.78. The third kappa shape index (κ3) is 0.952. The van der Waals surface area contributed by atoms with E-state index in [1.54, 1.807) is 11.3 Å². The fourth-order valence-corrected chi connectivity index (χ4v) is 3.58. The van der Waals surface area contributed by atoms with Crippen molar-refractivity contribution in [3.05, 3.63) is 9.65 Å². The van der Waals surface area contributed by atoms with Gasteiger partial charge in [-0.15, -0.1) is 11.8 Å². The molecule has 0 saturated heterocycles. The minimum absolute atomic E-state index is 0.923. The molecule has 0 unspecified atom stereocenters. The fraction of sp³-hybridized carbons (Fsp3) is 0.400. The van der Waals surface area contributed by atoms with Crippen LogP contribution in [0.1, 0.15) is 5.69 Å². The second-order valence-electron chi connectivity index (χ2n) is 1.88. The molecule has 1 N–H and O–H groups in total. The van der Waals surface area contributed by atoms with E-state index in [0.29, 0.717) is 0 Å². The number of aromatic amines is 1. The molecule has 0 radical (unpaired) electrons. The zero-order valence-electron chi connectivity index (χ0n) is 4.64. The van der Waals surface area contributed by atoms with Crippen LogP contribution in [0.5, 0.6) is 0 Å². The van der Waals surface area contributed by atoms with Crippen molar-refractivity contribution in [1.29, 1.82) is 0 Å². The first-order valence-corrected chi connectivity index (χ1v) is 4.92. The summed E-state index contributed by atoms with van der Waals surface area (Å²) in [5, 5.41) is 0. The number of hydrogen-bond donors (Lipinski definition) is 1. The maximum absolute atomic E-state index is 4.97. The van der Waals surface area contributed by atoms with Crippen molar-refractivity contribution in [2.45, 2.75) is 10.6 Å². The zero-order chi connectivity index (χ0) is 6.27. The van der Waals surface area contributed by atoms with Crippen LogP contribution in [0.15, 0.2) is 4.21 Å². The number of nitrogens with one attached hydrogen (secondary N) is 1. The highest BCUT2D eigenvalue weighted by molar-refractivity contribution is 8.01. The third-order valence-electron chi connectivity index (χ3n) is 1.27. The molecule has 0 aromatic carbocycles. The van der Waals surface area contributed by atoms with Gasteiger partial charge in [0.15, 0.2) is 3.95 Å². The highest BCUT2D eigenvalue weighted by atomic mass is 32.2. The quantitative estimate of drug-likeness (QED) is 0.609. The maximum atomic E-state index is 4.97. The van der Waals surface area contributed by atoms with Crippen LogP contribution in [0.3, 0.4) is 0 Å². The number of rotatable bonds is 0. The molecule has 0 fully saturated rings. The van der Waals surface area contributed by atoms with Crippen LogP contribution in [0.2, 0.25) is 0 Å². The predicted octanol–water partition coefficient (Wildman–Crippen LogP) is 2.45. The minimum atomic E-state index is 0.923. The smallest absolute Gasteiger partial charge is 0.159 e. The van der Waals surface area contributed by atoms with E-state index in [0.717, 1.165) is 3.95 Å². The first-order chi connectivity index (χ1) is 4.36. The molecule has 2 heterocycles. The molecule has 0 spiro atoms. The highest BCUT2D eigenvalue weighted by Gasteiger charge is 2.12. The Morgan fingerprint density at radius 3 is 3.22 bits per heavy atom. The molecule has 9 heavy (non-hydrogen) atoms. The summed E-state index contributed by atoms with van der Waals surface area (Å²) >= 11 is 8.58. The van der Waals surface area contributed by atoms with Gasteiger partial charge in [-0.3, -0.25) is 0 Å². The summed E-state index contributed by atoms with van der Waals surface area (Å²) in [6, 6.07) is 0. The van der Waals surface area contributed by atoms with Gasteiger partial charge >= 0.3 is 0 Å². The molecule has 1 aromatic rings. The summed E-state index contributed by atoms with van der Waals surface area (Å²) < 4.78 is 2.33. The van der Waals surface area contributed by atoms with E-state index in [4.69, 9.17) is 12.2 Å². The number of H-pyrrole nitrogens is 1. The molecule has 0 amide bonds. The average molecular weight is 175 g/mol. The monoisotopic (exact) mass is 175 g/mol. The third-order valence-corrected chi connectivity index (χ3v) is 3.86. The van der Waals surface area contributed by atoms with Gasteiger partial charge in [0.25, 0.3) is 0 Å². The van der Waals surface area contributed by atoms with E-state index in [1.165, 1.54) is 22.1 Å². The molecule has 0 saturated carbocycles. The van der Waals surface area contributed by atoms with Crippen LogP contribution in [0, 0.1) is 3.95 Å². The zero-order valence-corrected chi connectivity index (χ0v) is 7.09. The Morgan fingerprint density at radius 1 is 1.56 bits per heavy atom. The first kappa shape index (κ1) is 5.95. The lowest BCUT2D eigenvalue weighted by atomic mass is 10.4. The van der Waals surface area contributed by atoms with Gasteiger partial charge in [-0.1, -0.05) is 11.3 Å². The van der Waals surface area contributed by atoms with Crippen molar-refractivity contribution in [3.8, 4) is 0 Å². The largest absolute Gasteiger partial charge is 0.340 e. The van der Waals surface area contributed by atoms with Crippen LogP contribution in [0.25, 0.3) is 0 Å². The van der Waals surface area contributed by atoms with Crippen molar-refractivity contribution < 1.29 is 0 Å². The van der Waals surface area contributed by atoms with Crippen LogP contribution in [-0.2, 0) is 6.42 Å². The van der Waals surface area contributed by atoms with E-state index in [9.17, 15) is 0 Å². The lowest BCUT2D eigenvalue weighted by molar-refractivity contribution is 1.07. The molecule has 1 aliphatic rings. The Labute approximate surface area is 66.5 Å². The van der Waals surface area contributed by atoms with Gasteiger partial charge in [-0.05, 0) is 18.6 Å². The topological polar surface area (TPSA) is 15.8 Å². The average Bonchev–Trinajstić information content (AvgIpc) is 2.22. The number of thioether (sulfide) groups is 1. The van der Waals surface area contributed by atoms with Gasteiger partial charge < -0.3 is 4.98 Å². The van der Waals surface area contributed by atoms with E-state index in [2.05, 4.69) is 4.98 Å². The van der Waals surface area contributed by atoms with Crippen LogP contribution in [-0.4, -0.2) is 10.7 Å². The molecule has 2 rings (SSSR count). The van der Waals surface area contributed by atoms with Crippen molar-refractivity contribution in [2.24, 2.45) is 0 Å². The van der Waals surface area contributed by atoms with Gasteiger partial charge in [0.1, 0.15) is 0 Å². The van der Waals surface area contributed by atoms with Crippen molar-refractivity contribution in [3.63, 3.8) is 0 Å². The van der Waals surface area contributed by atoms with Gasteiger partial charge in [0, 0.05) is 11.4 Å². The van der Waals surface area contributed by atoms with E-state index in [1.807, 2.05) is 11.8 Å². The lowest BCUT2D eigenvalue weighted by Crippen LogP contribution is -1.78. The van der Waals surface area contributed by atoms with Gasteiger partial charge in [-0.25, -0.2) is 0 Å². The van der Waals surface area contributed by atoms with E-state index in [-0.39, 0.29) is 0 Å². The number of hydrogen-bond acceptors (Lipinski definition) is 3. The van der Waals surface area contributed by atoms with Crippen LogP contribution >= 0.6 is 35.3 Å². The van der Waals surface area contributed by atoms with Crippen LogP contribution in [0.4, 0.5) is 0 Å². The number of fused-ring (bicyclic) bond motifs is 1. The molecule has 48 valence electrons. The van der Waals surface area contributed by atoms with E-state index < -0.39 is 0 Å². The van der Waals surface area contributed by atoms with Crippen LogP contribution < -0.4 is 0 Å². The van der Waals surface area contributed by atoms with E-state index >= 15 is 0 Å². The molecule has 0 aliphatic carbocycles. The summed E-state index contributed by atoms with van der Waals surface area (Å²) in [4.78, 5) is 3.17. The minimum Gasteiger partial charge on any atom is -0.340 e. The molecule has 4 heteroatoms. The molecule has 1 aromatic heterocycles. The maximum Gasteiger partial charge on any atom is 0.159 e. The first-order valence-electron chi connectivity index (χ1n) is 2.71. The Bertz CT molecular complexity index is 247. The molecule has 1 aliphatic heterocycles. The Kier molecular flexibility index (Phi) is 1.39. The number of thiazole rings is 1. The summed E-state index contributed by atoms with van der Waals surface area (Å²) in [5.41, 5.74) is 1.36.